The maximum Gasteiger partial charge on any atom is 0.0734 e. The second kappa shape index (κ2) is 7.90. The van der Waals surface area contributed by atoms with Gasteiger partial charge in [-0.05, 0) is 50.2 Å². The first kappa shape index (κ1) is 18.4. The first-order valence-corrected chi connectivity index (χ1v) is 9.55. The van der Waals surface area contributed by atoms with Gasteiger partial charge in [0, 0.05) is 23.4 Å². The molecule has 0 aliphatic heterocycles. The first-order chi connectivity index (χ1) is 12.0. The molecule has 1 N–H and O–H groups in total. The van der Waals surface area contributed by atoms with Crippen LogP contribution in [0, 0.1) is 5.92 Å². The normalized spacial score (nSPS) is 25.1. The van der Waals surface area contributed by atoms with Crippen molar-refractivity contribution in [1.82, 2.24) is 4.90 Å². The summed E-state index contributed by atoms with van der Waals surface area (Å²) in [6.07, 6.45) is 4.83. The lowest BCUT2D eigenvalue weighted by Crippen LogP contribution is -2.48. The molecule has 0 heterocycles. The molecule has 0 saturated heterocycles. The summed E-state index contributed by atoms with van der Waals surface area (Å²) in [4.78, 5) is 2.26. The van der Waals surface area contributed by atoms with Gasteiger partial charge in [0.1, 0.15) is 0 Å². The zero-order valence-electron chi connectivity index (χ0n) is 15.2. The fourth-order valence-electron chi connectivity index (χ4n) is 4.46. The fraction of sp³-hybridized carbons (Fsp3) is 0.455. The molecule has 3 rings (SSSR count). The van der Waals surface area contributed by atoms with Gasteiger partial charge < -0.3 is 10.0 Å². The molecule has 0 bridgehead atoms. The van der Waals surface area contributed by atoms with Crippen molar-refractivity contribution < 1.29 is 5.11 Å². The van der Waals surface area contributed by atoms with Crippen molar-refractivity contribution in [2.24, 2.45) is 5.92 Å². The van der Waals surface area contributed by atoms with Crippen LogP contribution in [0.25, 0.3) is 0 Å². The van der Waals surface area contributed by atoms with E-state index in [9.17, 15) is 5.11 Å². The smallest absolute Gasteiger partial charge is 0.0734 e. The van der Waals surface area contributed by atoms with Gasteiger partial charge in [-0.3, -0.25) is 0 Å². The number of nitrogens with zero attached hydrogens (tertiary/aromatic N) is 1. The largest absolute Gasteiger partial charge is 0.389 e. The molecule has 2 aromatic carbocycles. The van der Waals surface area contributed by atoms with Crippen LogP contribution in [0.4, 0.5) is 0 Å². The van der Waals surface area contributed by atoms with E-state index in [1.165, 1.54) is 12.0 Å². The van der Waals surface area contributed by atoms with E-state index in [2.05, 4.69) is 55.4 Å². The van der Waals surface area contributed by atoms with Crippen molar-refractivity contribution >= 4 is 11.6 Å². The van der Waals surface area contributed by atoms with Crippen molar-refractivity contribution in [3.8, 4) is 0 Å². The van der Waals surface area contributed by atoms with Gasteiger partial charge in [0.25, 0.3) is 0 Å². The Morgan fingerprint density at radius 1 is 1.12 bits per heavy atom. The Bertz CT molecular complexity index is 687. The Kier molecular flexibility index (Phi) is 5.83. The van der Waals surface area contributed by atoms with Crippen LogP contribution in [-0.2, 0) is 6.42 Å². The van der Waals surface area contributed by atoms with Crippen LogP contribution in [0.5, 0.6) is 0 Å². The third-order valence-corrected chi connectivity index (χ3v) is 5.78. The van der Waals surface area contributed by atoms with Crippen molar-refractivity contribution in [3.05, 3.63) is 70.7 Å². The predicted octanol–water partition coefficient (Wildman–Crippen LogP) is 5.11. The quantitative estimate of drug-likeness (QED) is 0.804. The summed E-state index contributed by atoms with van der Waals surface area (Å²) in [7, 11) is 4.23. The number of rotatable bonds is 5. The zero-order chi connectivity index (χ0) is 17.9. The SMILES string of the molecule is CN(C)C(c1ccccc1)C1CCCCC1(O)Cc1cccc(Cl)c1. The molecule has 3 heteroatoms. The van der Waals surface area contributed by atoms with Crippen LogP contribution in [-0.4, -0.2) is 29.7 Å². The summed E-state index contributed by atoms with van der Waals surface area (Å²) in [6.45, 7) is 0. The highest BCUT2D eigenvalue weighted by atomic mass is 35.5. The van der Waals surface area contributed by atoms with E-state index in [1.807, 2.05) is 18.2 Å². The van der Waals surface area contributed by atoms with Crippen LogP contribution in [0.1, 0.15) is 42.9 Å². The van der Waals surface area contributed by atoms with E-state index in [-0.39, 0.29) is 12.0 Å². The molecule has 2 aromatic rings. The summed E-state index contributed by atoms with van der Waals surface area (Å²) >= 11 is 6.16. The van der Waals surface area contributed by atoms with Gasteiger partial charge in [0.2, 0.25) is 0 Å². The van der Waals surface area contributed by atoms with Crippen molar-refractivity contribution in [3.63, 3.8) is 0 Å². The van der Waals surface area contributed by atoms with Gasteiger partial charge in [0.15, 0.2) is 0 Å². The second-order valence-electron chi connectivity index (χ2n) is 7.58. The van der Waals surface area contributed by atoms with E-state index in [4.69, 9.17) is 11.6 Å². The highest BCUT2D eigenvalue weighted by molar-refractivity contribution is 6.30. The number of halogens is 1. The molecular weight excluding hydrogens is 330 g/mol. The minimum Gasteiger partial charge on any atom is -0.389 e. The molecule has 0 amide bonds. The topological polar surface area (TPSA) is 23.5 Å². The highest BCUT2D eigenvalue weighted by Crippen LogP contribution is 2.45. The monoisotopic (exact) mass is 357 g/mol. The van der Waals surface area contributed by atoms with Crippen LogP contribution in [0.2, 0.25) is 5.02 Å². The predicted molar refractivity (Wildman–Crippen MR) is 105 cm³/mol. The Labute approximate surface area is 156 Å². The van der Waals surface area contributed by atoms with Gasteiger partial charge in [-0.25, -0.2) is 0 Å². The molecule has 1 fully saturated rings. The molecule has 1 aliphatic rings. The maximum atomic E-state index is 11.7. The zero-order valence-corrected chi connectivity index (χ0v) is 15.9. The molecule has 1 aliphatic carbocycles. The lowest BCUT2D eigenvalue weighted by Gasteiger charge is -2.46. The fourth-order valence-corrected chi connectivity index (χ4v) is 4.67. The van der Waals surface area contributed by atoms with Crippen LogP contribution in [0.15, 0.2) is 54.6 Å². The van der Waals surface area contributed by atoms with Crippen molar-refractivity contribution in [2.45, 2.75) is 43.7 Å². The molecule has 134 valence electrons. The van der Waals surface area contributed by atoms with E-state index in [1.54, 1.807) is 0 Å². The van der Waals surface area contributed by atoms with E-state index >= 15 is 0 Å². The summed E-state index contributed by atoms with van der Waals surface area (Å²) in [5, 5.41) is 12.4. The van der Waals surface area contributed by atoms with Gasteiger partial charge >= 0.3 is 0 Å². The van der Waals surface area contributed by atoms with Gasteiger partial charge in [0.05, 0.1) is 5.60 Å². The Balaban J connectivity index is 1.93. The van der Waals surface area contributed by atoms with E-state index in [0.29, 0.717) is 6.42 Å². The molecule has 2 nitrogen and oxygen atoms in total. The third-order valence-electron chi connectivity index (χ3n) is 5.54. The van der Waals surface area contributed by atoms with Crippen LogP contribution < -0.4 is 0 Å². The molecule has 25 heavy (non-hydrogen) atoms. The van der Waals surface area contributed by atoms with E-state index in [0.717, 1.165) is 29.8 Å². The highest BCUT2D eigenvalue weighted by Gasteiger charge is 2.44. The minimum atomic E-state index is -0.701. The third kappa shape index (κ3) is 4.25. The van der Waals surface area contributed by atoms with Crippen LogP contribution in [0.3, 0.4) is 0 Å². The number of hydrogen-bond acceptors (Lipinski definition) is 2. The summed E-state index contributed by atoms with van der Waals surface area (Å²) in [6, 6.07) is 18.7. The lowest BCUT2D eigenvalue weighted by molar-refractivity contribution is -0.0770. The average Bonchev–Trinajstić information content (AvgIpc) is 2.57. The molecule has 0 aromatic heterocycles. The maximum absolute atomic E-state index is 11.7. The standard InChI is InChI=1S/C22H28ClNO/c1-24(2)21(18-10-4-3-5-11-18)20-13-6-7-14-22(20,25)16-17-9-8-12-19(23)15-17/h3-5,8-12,15,20-21,25H,6-7,13-14,16H2,1-2H3. The Morgan fingerprint density at radius 2 is 1.88 bits per heavy atom. The van der Waals surface area contributed by atoms with Crippen LogP contribution >= 0.6 is 11.6 Å². The van der Waals surface area contributed by atoms with Gasteiger partial charge in [-0.15, -0.1) is 0 Å². The van der Waals surface area contributed by atoms with Gasteiger partial charge in [-0.2, -0.15) is 0 Å². The summed E-state index contributed by atoms with van der Waals surface area (Å²) in [5.41, 5.74) is 1.70. The van der Waals surface area contributed by atoms with Gasteiger partial charge in [-0.1, -0.05) is 66.9 Å². The Morgan fingerprint density at radius 3 is 2.56 bits per heavy atom. The van der Waals surface area contributed by atoms with E-state index < -0.39 is 5.60 Å². The molecule has 0 radical (unpaired) electrons. The molecule has 3 unspecified atom stereocenters. The van der Waals surface area contributed by atoms with Crippen molar-refractivity contribution in [1.29, 1.82) is 0 Å². The minimum absolute atomic E-state index is 0.206. The second-order valence-corrected chi connectivity index (χ2v) is 8.02. The average molecular weight is 358 g/mol. The number of aliphatic hydroxyl groups is 1. The first-order valence-electron chi connectivity index (χ1n) is 9.18. The summed E-state index contributed by atoms with van der Waals surface area (Å²) in [5.74, 6) is 0.206. The summed E-state index contributed by atoms with van der Waals surface area (Å²) < 4.78 is 0. The molecule has 3 atom stereocenters. The number of benzene rings is 2. The Hall–Kier alpha value is -1.35. The number of hydrogen-bond donors (Lipinski definition) is 1. The molecular formula is C22H28ClNO. The van der Waals surface area contributed by atoms with Crippen molar-refractivity contribution in [2.75, 3.05) is 14.1 Å². The molecule has 1 saturated carbocycles. The molecule has 0 spiro atoms. The lowest BCUT2D eigenvalue weighted by atomic mass is 9.67.